The van der Waals surface area contributed by atoms with Crippen molar-refractivity contribution in [3.63, 3.8) is 0 Å². The van der Waals surface area contributed by atoms with Gasteiger partial charge in [-0.25, -0.2) is 9.78 Å². The average Bonchev–Trinajstić information content (AvgIpc) is 2.44. The number of amides is 1. The second-order valence-electron chi connectivity index (χ2n) is 7.52. The van der Waals surface area contributed by atoms with Crippen LogP contribution in [0.15, 0.2) is 18.3 Å². The van der Waals surface area contributed by atoms with Gasteiger partial charge in [-0.15, -0.1) is 0 Å². The van der Waals surface area contributed by atoms with Crippen LogP contribution >= 0.6 is 0 Å². The van der Waals surface area contributed by atoms with E-state index in [1.807, 2.05) is 45.0 Å². The topological polar surface area (TPSA) is 57.7 Å². The smallest absolute Gasteiger partial charge is 0.410 e. The van der Waals surface area contributed by atoms with E-state index in [0.717, 1.165) is 24.6 Å². The van der Waals surface area contributed by atoms with E-state index < -0.39 is 5.60 Å². The third kappa shape index (κ3) is 4.27. The summed E-state index contributed by atoms with van der Waals surface area (Å²) in [7, 11) is 1.85. The molecule has 6 heteroatoms. The van der Waals surface area contributed by atoms with Gasteiger partial charge in [-0.1, -0.05) is 0 Å². The van der Waals surface area contributed by atoms with Gasteiger partial charge in [0.2, 0.25) is 0 Å². The molecule has 0 aromatic carbocycles. The van der Waals surface area contributed by atoms with Gasteiger partial charge in [0, 0.05) is 26.7 Å². The maximum absolute atomic E-state index is 12.4. The van der Waals surface area contributed by atoms with Crippen molar-refractivity contribution in [2.75, 3.05) is 36.9 Å². The van der Waals surface area contributed by atoms with Crippen LogP contribution in [0.5, 0.6) is 0 Å². The van der Waals surface area contributed by atoms with Crippen LogP contribution in [0.4, 0.5) is 16.3 Å². The summed E-state index contributed by atoms with van der Waals surface area (Å²) in [6, 6.07) is 4.01. The number of piperazine rings is 1. The number of nitrogens with one attached hydrogen (secondary N) is 1. The first-order chi connectivity index (χ1) is 10.6. The summed E-state index contributed by atoms with van der Waals surface area (Å²) >= 11 is 0. The molecule has 128 valence electrons. The van der Waals surface area contributed by atoms with Crippen molar-refractivity contribution in [3.8, 4) is 0 Å². The maximum atomic E-state index is 12.4. The fourth-order valence-corrected chi connectivity index (χ4v) is 2.75. The number of nitrogens with zero attached hydrogens (tertiary/aromatic N) is 3. The van der Waals surface area contributed by atoms with Crippen molar-refractivity contribution in [3.05, 3.63) is 18.3 Å². The van der Waals surface area contributed by atoms with E-state index in [1.165, 1.54) is 0 Å². The first-order valence-electron chi connectivity index (χ1n) is 8.02. The molecule has 0 unspecified atom stereocenters. The predicted molar refractivity (Wildman–Crippen MR) is 93.0 cm³/mol. The number of aromatic nitrogens is 1. The lowest BCUT2D eigenvalue weighted by Gasteiger charge is -2.47. The van der Waals surface area contributed by atoms with Gasteiger partial charge in [-0.3, -0.25) is 4.90 Å². The molecule has 0 aliphatic carbocycles. The predicted octanol–water partition coefficient (Wildman–Crippen LogP) is 2.96. The minimum absolute atomic E-state index is 0.245. The Hall–Kier alpha value is -1.98. The molecule has 0 atom stereocenters. The number of carbonyl (C=O) groups is 1. The Morgan fingerprint density at radius 3 is 2.48 bits per heavy atom. The fourth-order valence-electron chi connectivity index (χ4n) is 2.75. The van der Waals surface area contributed by atoms with Crippen LogP contribution in [0, 0.1) is 0 Å². The van der Waals surface area contributed by atoms with Gasteiger partial charge in [0.25, 0.3) is 0 Å². The molecule has 1 aliphatic rings. The number of rotatable bonds is 2. The van der Waals surface area contributed by atoms with Crippen LogP contribution < -0.4 is 10.2 Å². The van der Waals surface area contributed by atoms with Crippen LogP contribution in [-0.4, -0.2) is 53.8 Å². The Balaban J connectivity index is 2.08. The highest BCUT2D eigenvalue weighted by atomic mass is 16.6. The van der Waals surface area contributed by atoms with Crippen molar-refractivity contribution < 1.29 is 9.53 Å². The summed E-state index contributed by atoms with van der Waals surface area (Å²) in [5, 5.41) is 3.02. The molecule has 6 nitrogen and oxygen atoms in total. The van der Waals surface area contributed by atoms with Crippen molar-refractivity contribution in [1.82, 2.24) is 9.88 Å². The number of hydrogen-bond donors (Lipinski definition) is 1. The third-order valence-corrected chi connectivity index (χ3v) is 3.89. The quantitative estimate of drug-likeness (QED) is 0.908. The lowest BCUT2D eigenvalue weighted by molar-refractivity contribution is 0.000377. The van der Waals surface area contributed by atoms with Gasteiger partial charge < -0.3 is 15.0 Å². The molecular formula is C17H28N4O2. The van der Waals surface area contributed by atoms with Crippen LogP contribution in [0.25, 0.3) is 0 Å². The minimum Gasteiger partial charge on any atom is -0.444 e. The van der Waals surface area contributed by atoms with Crippen molar-refractivity contribution >= 4 is 17.6 Å². The van der Waals surface area contributed by atoms with Crippen LogP contribution in [0.3, 0.4) is 0 Å². The molecule has 1 saturated heterocycles. The lowest BCUT2D eigenvalue weighted by atomic mass is 9.99. The number of anilines is 2. The van der Waals surface area contributed by atoms with Gasteiger partial charge in [-0.05, 0) is 46.8 Å². The minimum atomic E-state index is -0.475. The normalized spacial score (nSPS) is 17.8. The van der Waals surface area contributed by atoms with Gasteiger partial charge in [0.15, 0.2) is 0 Å². The van der Waals surface area contributed by atoms with Crippen LogP contribution in [0.2, 0.25) is 0 Å². The second-order valence-corrected chi connectivity index (χ2v) is 7.52. The average molecular weight is 320 g/mol. The number of carbonyl (C=O) groups excluding carboxylic acids is 1. The monoisotopic (exact) mass is 320 g/mol. The maximum Gasteiger partial charge on any atom is 0.410 e. The Bertz CT molecular complexity index is 549. The molecule has 2 rings (SSSR count). The Morgan fingerprint density at radius 1 is 1.30 bits per heavy atom. The largest absolute Gasteiger partial charge is 0.444 e. The lowest BCUT2D eigenvalue weighted by Crippen LogP contribution is -2.61. The molecule has 1 aromatic rings. The van der Waals surface area contributed by atoms with Gasteiger partial charge in [0.05, 0.1) is 17.4 Å². The van der Waals surface area contributed by atoms with Gasteiger partial charge in [0.1, 0.15) is 11.4 Å². The molecule has 1 N–H and O–H groups in total. The van der Waals surface area contributed by atoms with E-state index in [9.17, 15) is 4.79 Å². The number of pyridine rings is 1. The highest BCUT2D eigenvalue weighted by Crippen LogP contribution is 2.27. The summed E-state index contributed by atoms with van der Waals surface area (Å²) in [6.45, 7) is 12.0. The van der Waals surface area contributed by atoms with E-state index in [1.54, 1.807) is 0 Å². The van der Waals surface area contributed by atoms with Crippen molar-refractivity contribution in [1.29, 1.82) is 0 Å². The highest BCUT2D eigenvalue weighted by Gasteiger charge is 2.39. The third-order valence-electron chi connectivity index (χ3n) is 3.89. The Morgan fingerprint density at radius 2 is 2.00 bits per heavy atom. The molecule has 1 fully saturated rings. The molecule has 0 bridgehead atoms. The van der Waals surface area contributed by atoms with Crippen LogP contribution in [0.1, 0.15) is 34.6 Å². The molecule has 0 saturated carbocycles. The van der Waals surface area contributed by atoms with Crippen LogP contribution in [-0.2, 0) is 4.74 Å². The molecule has 0 radical (unpaired) electrons. The standard InChI is InChI=1S/C17H28N4O2/c1-16(2,3)23-15(22)21-10-9-20(12-17(21,4)5)13-7-8-14(18-6)19-11-13/h7-8,11H,9-10,12H2,1-6H3,(H,18,19). The molecular weight excluding hydrogens is 292 g/mol. The van der Waals surface area contributed by atoms with E-state index in [2.05, 4.69) is 35.1 Å². The Labute approximate surface area is 138 Å². The molecule has 2 heterocycles. The second kappa shape index (κ2) is 6.26. The van der Waals surface area contributed by atoms with E-state index >= 15 is 0 Å². The van der Waals surface area contributed by atoms with E-state index in [-0.39, 0.29) is 11.6 Å². The highest BCUT2D eigenvalue weighted by molar-refractivity contribution is 5.70. The SMILES string of the molecule is CNc1ccc(N2CCN(C(=O)OC(C)(C)C)C(C)(C)C2)cn1. The zero-order valence-corrected chi connectivity index (χ0v) is 15.0. The first-order valence-corrected chi connectivity index (χ1v) is 8.02. The zero-order valence-electron chi connectivity index (χ0n) is 15.0. The first kappa shape index (κ1) is 17.4. The van der Waals surface area contributed by atoms with Crippen molar-refractivity contribution in [2.24, 2.45) is 0 Å². The summed E-state index contributed by atoms with van der Waals surface area (Å²) in [5.41, 5.74) is 0.292. The molecule has 0 spiro atoms. The van der Waals surface area contributed by atoms with E-state index in [0.29, 0.717) is 6.54 Å². The molecule has 1 aromatic heterocycles. The van der Waals surface area contributed by atoms with Gasteiger partial charge in [-0.2, -0.15) is 0 Å². The molecule has 1 aliphatic heterocycles. The number of ether oxygens (including phenoxy) is 1. The summed E-state index contributed by atoms with van der Waals surface area (Å²) in [5.74, 6) is 0.848. The molecule has 23 heavy (non-hydrogen) atoms. The van der Waals surface area contributed by atoms with Crippen molar-refractivity contribution in [2.45, 2.75) is 45.8 Å². The summed E-state index contributed by atoms with van der Waals surface area (Å²) < 4.78 is 5.53. The number of hydrogen-bond acceptors (Lipinski definition) is 5. The fraction of sp³-hybridized carbons (Fsp3) is 0.647. The van der Waals surface area contributed by atoms with Gasteiger partial charge >= 0.3 is 6.09 Å². The Kier molecular flexibility index (Phi) is 4.73. The molecule has 1 amide bonds. The zero-order chi connectivity index (χ0) is 17.3. The van der Waals surface area contributed by atoms with E-state index in [4.69, 9.17) is 4.74 Å². The summed E-state index contributed by atoms with van der Waals surface area (Å²) in [4.78, 5) is 20.9. The summed E-state index contributed by atoms with van der Waals surface area (Å²) in [6.07, 6.45) is 1.62.